The van der Waals surface area contributed by atoms with Crippen molar-refractivity contribution in [2.45, 2.75) is 19.3 Å². The molecule has 0 amide bonds. The Morgan fingerprint density at radius 3 is 3.14 bits per heavy atom. The third kappa shape index (κ3) is 1.72. The lowest BCUT2D eigenvalue weighted by molar-refractivity contribution is 0.771. The first-order chi connectivity index (χ1) is 6.92. The molecule has 2 rings (SSSR count). The molecule has 2 radical (unpaired) electrons. The van der Waals surface area contributed by atoms with Gasteiger partial charge in [-0.3, -0.25) is 0 Å². The Morgan fingerprint density at radius 2 is 2.29 bits per heavy atom. The van der Waals surface area contributed by atoms with Crippen LogP contribution in [-0.4, -0.2) is 6.54 Å². The fraction of sp³-hybridized carbons (Fsp3) is 0.333. The molecule has 14 heavy (non-hydrogen) atoms. The molecule has 70 valence electrons. The lowest BCUT2D eigenvalue weighted by atomic mass is 10.0. The minimum atomic E-state index is 0.557. The third-order valence-electron chi connectivity index (χ3n) is 2.43. The smallest absolute Gasteiger partial charge is 0.0915 e. The average Bonchev–Trinajstić information content (AvgIpc) is 2.26. The van der Waals surface area contributed by atoms with Gasteiger partial charge in [0, 0.05) is 12.2 Å². The first-order valence-corrected chi connectivity index (χ1v) is 4.88. The second-order valence-electron chi connectivity index (χ2n) is 3.35. The van der Waals surface area contributed by atoms with Crippen molar-refractivity contribution >= 4 is 5.69 Å². The van der Waals surface area contributed by atoms with Gasteiger partial charge in [0.1, 0.15) is 0 Å². The van der Waals surface area contributed by atoms with Crippen molar-refractivity contribution in [3.8, 4) is 6.07 Å². The molecule has 0 bridgehead atoms. The molecule has 1 aliphatic heterocycles. The number of rotatable bonds is 2. The fourth-order valence-corrected chi connectivity index (χ4v) is 1.76. The SMILES string of the molecule is N#CCCN1[C]CCc2ccccc21. The summed E-state index contributed by atoms with van der Waals surface area (Å²) in [4.78, 5) is 2.07. The number of nitrogens with zero attached hydrogens (tertiary/aromatic N) is 2. The van der Waals surface area contributed by atoms with Crippen LogP contribution in [0.1, 0.15) is 18.4 Å². The average molecular weight is 184 g/mol. The van der Waals surface area contributed by atoms with E-state index in [1.165, 1.54) is 11.3 Å². The van der Waals surface area contributed by atoms with E-state index in [9.17, 15) is 0 Å². The number of hydrogen-bond donors (Lipinski definition) is 0. The number of anilines is 1. The minimum Gasteiger partial charge on any atom is -0.360 e. The van der Waals surface area contributed by atoms with Crippen molar-refractivity contribution in [2.24, 2.45) is 0 Å². The zero-order valence-electron chi connectivity index (χ0n) is 8.03. The highest BCUT2D eigenvalue weighted by Gasteiger charge is 2.16. The summed E-state index contributed by atoms with van der Waals surface area (Å²) in [6.07, 6.45) is 2.59. The molecule has 0 aromatic heterocycles. The Hall–Kier alpha value is -1.49. The number of fused-ring (bicyclic) bond motifs is 1. The van der Waals surface area contributed by atoms with E-state index >= 15 is 0 Å². The van der Waals surface area contributed by atoms with Crippen LogP contribution in [0.3, 0.4) is 0 Å². The number of aryl methyl sites for hydroxylation is 1. The summed E-state index contributed by atoms with van der Waals surface area (Å²) in [7, 11) is 0. The fourth-order valence-electron chi connectivity index (χ4n) is 1.76. The Labute approximate surface area is 84.8 Å². The van der Waals surface area contributed by atoms with Crippen molar-refractivity contribution < 1.29 is 0 Å². The molecular weight excluding hydrogens is 172 g/mol. The quantitative estimate of drug-likeness (QED) is 0.705. The van der Waals surface area contributed by atoms with Crippen LogP contribution in [-0.2, 0) is 6.42 Å². The van der Waals surface area contributed by atoms with Crippen LogP contribution in [0.4, 0.5) is 5.69 Å². The molecule has 1 heterocycles. The lowest BCUT2D eigenvalue weighted by Crippen LogP contribution is -2.25. The Balaban J connectivity index is 2.18. The molecule has 2 heteroatoms. The van der Waals surface area contributed by atoms with Gasteiger partial charge in [-0.2, -0.15) is 5.26 Å². The minimum absolute atomic E-state index is 0.557. The zero-order valence-corrected chi connectivity index (χ0v) is 8.03. The first kappa shape index (κ1) is 9.08. The van der Waals surface area contributed by atoms with Gasteiger partial charge in [0.05, 0.1) is 19.0 Å². The van der Waals surface area contributed by atoms with Crippen molar-refractivity contribution in [1.82, 2.24) is 0 Å². The van der Waals surface area contributed by atoms with Crippen molar-refractivity contribution in [2.75, 3.05) is 11.4 Å². The second kappa shape index (κ2) is 4.15. The van der Waals surface area contributed by atoms with Gasteiger partial charge in [-0.15, -0.1) is 0 Å². The Bertz CT molecular complexity index is 352. The number of hydrogen-bond acceptors (Lipinski definition) is 2. The van der Waals surface area contributed by atoms with E-state index < -0.39 is 0 Å². The van der Waals surface area contributed by atoms with Gasteiger partial charge >= 0.3 is 0 Å². The summed E-state index contributed by atoms with van der Waals surface area (Å²) in [5.74, 6) is 0. The van der Waals surface area contributed by atoms with E-state index in [0.717, 1.165) is 19.4 Å². The molecule has 0 aliphatic carbocycles. The van der Waals surface area contributed by atoms with E-state index in [1.807, 2.05) is 6.07 Å². The van der Waals surface area contributed by atoms with Gasteiger partial charge < -0.3 is 4.90 Å². The highest BCUT2D eigenvalue weighted by Crippen LogP contribution is 2.28. The predicted octanol–water partition coefficient (Wildman–Crippen LogP) is 2.39. The monoisotopic (exact) mass is 184 g/mol. The largest absolute Gasteiger partial charge is 0.360 e. The maximum absolute atomic E-state index is 8.54. The van der Waals surface area contributed by atoms with Crippen molar-refractivity contribution in [3.63, 3.8) is 0 Å². The van der Waals surface area contributed by atoms with Crippen LogP contribution >= 0.6 is 0 Å². The summed E-state index contributed by atoms with van der Waals surface area (Å²) in [5, 5.41) is 8.54. The molecule has 0 unspecified atom stereocenters. The molecule has 1 aliphatic rings. The lowest BCUT2D eigenvalue weighted by Gasteiger charge is -2.29. The molecule has 0 fully saturated rings. The molecular formula is C12H12N2. The van der Waals surface area contributed by atoms with Crippen LogP contribution in [0.5, 0.6) is 0 Å². The molecule has 0 saturated heterocycles. The van der Waals surface area contributed by atoms with Crippen LogP contribution in [0.25, 0.3) is 0 Å². The topological polar surface area (TPSA) is 27.0 Å². The van der Waals surface area contributed by atoms with Gasteiger partial charge in [0.15, 0.2) is 0 Å². The second-order valence-corrected chi connectivity index (χ2v) is 3.35. The van der Waals surface area contributed by atoms with Gasteiger partial charge in [0.2, 0.25) is 0 Å². The number of nitriles is 1. The maximum atomic E-state index is 8.54. The number of para-hydroxylation sites is 1. The molecule has 1 aromatic rings. The normalized spacial score (nSPS) is 14.6. The molecule has 0 N–H and O–H groups in total. The van der Waals surface area contributed by atoms with Gasteiger partial charge in [0.25, 0.3) is 0 Å². The molecule has 0 atom stereocenters. The predicted molar refractivity (Wildman–Crippen MR) is 55.6 cm³/mol. The Morgan fingerprint density at radius 1 is 1.43 bits per heavy atom. The highest BCUT2D eigenvalue weighted by atomic mass is 15.1. The standard InChI is InChI=1S/C12H12N2/c13-8-4-10-14-9-3-6-11-5-1-2-7-12(11)14/h1-2,5,7H,3-4,6,10H2. The summed E-state index contributed by atoms with van der Waals surface area (Å²) in [5.41, 5.74) is 2.58. The van der Waals surface area contributed by atoms with Gasteiger partial charge in [-0.25, -0.2) is 0 Å². The molecule has 1 aromatic carbocycles. The summed E-state index contributed by atoms with van der Waals surface area (Å²) >= 11 is 0. The zero-order chi connectivity index (χ0) is 9.80. The molecule has 2 nitrogen and oxygen atoms in total. The van der Waals surface area contributed by atoms with Crippen LogP contribution in [0.2, 0.25) is 0 Å². The summed E-state index contributed by atoms with van der Waals surface area (Å²) < 4.78 is 0. The van der Waals surface area contributed by atoms with Crippen molar-refractivity contribution in [1.29, 1.82) is 5.26 Å². The maximum Gasteiger partial charge on any atom is 0.0915 e. The van der Waals surface area contributed by atoms with E-state index in [-0.39, 0.29) is 0 Å². The molecule has 0 saturated carbocycles. The van der Waals surface area contributed by atoms with Crippen LogP contribution in [0, 0.1) is 17.9 Å². The van der Waals surface area contributed by atoms with Crippen LogP contribution < -0.4 is 4.90 Å². The number of benzene rings is 1. The van der Waals surface area contributed by atoms with E-state index in [4.69, 9.17) is 5.26 Å². The third-order valence-corrected chi connectivity index (χ3v) is 2.43. The summed E-state index contributed by atoms with van der Waals surface area (Å²) in [6.45, 7) is 4.05. The molecule has 0 spiro atoms. The summed E-state index contributed by atoms with van der Waals surface area (Å²) in [6, 6.07) is 10.5. The highest BCUT2D eigenvalue weighted by molar-refractivity contribution is 5.57. The first-order valence-electron chi connectivity index (χ1n) is 4.88. The van der Waals surface area contributed by atoms with E-state index in [0.29, 0.717) is 6.42 Å². The Kier molecular flexibility index (Phi) is 2.69. The van der Waals surface area contributed by atoms with Gasteiger partial charge in [-0.1, -0.05) is 18.2 Å². The van der Waals surface area contributed by atoms with Crippen molar-refractivity contribution in [3.05, 3.63) is 36.4 Å². The van der Waals surface area contributed by atoms with E-state index in [1.54, 1.807) is 0 Å². The van der Waals surface area contributed by atoms with Gasteiger partial charge in [-0.05, 0) is 24.5 Å². The van der Waals surface area contributed by atoms with E-state index in [2.05, 4.69) is 35.7 Å². The van der Waals surface area contributed by atoms with Crippen LogP contribution in [0.15, 0.2) is 24.3 Å².